The Hall–Kier alpha value is -1.86. The molecule has 2 heterocycles. The zero-order chi connectivity index (χ0) is 10.1. The van der Waals surface area contributed by atoms with E-state index >= 15 is 0 Å². The third-order valence-electron chi connectivity index (χ3n) is 2.11. The summed E-state index contributed by atoms with van der Waals surface area (Å²) in [6.07, 6.45) is 5.65. The number of nitrogens with zero attached hydrogens (tertiary/aromatic N) is 3. The summed E-state index contributed by atoms with van der Waals surface area (Å²) in [7, 11) is 0. The van der Waals surface area contributed by atoms with Crippen molar-refractivity contribution in [2.75, 3.05) is 0 Å². The van der Waals surface area contributed by atoms with Gasteiger partial charge in [0.05, 0.1) is 16.9 Å². The summed E-state index contributed by atoms with van der Waals surface area (Å²) in [6.45, 7) is 1.88. The van der Waals surface area contributed by atoms with Crippen molar-refractivity contribution >= 4 is 5.52 Å². The van der Waals surface area contributed by atoms with Crippen molar-refractivity contribution in [3.05, 3.63) is 29.8 Å². The minimum Gasteiger partial charge on any atom is -0.374 e. The number of aliphatic hydroxyl groups excluding tert-OH is 1. The molecule has 1 unspecified atom stereocenters. The Morgan fingerprint density at radius 2 is 2.36 bits per heavy atom. The van der Waals surface area contributed by atoms with E-state index in [1.54, 1.807) is 10.6 Å². The van der Waals surface area contributed by atoms with E-state index < -0.39 is 6.10 Å². The van der Waals surface area contributed by atoms with E-state index in [4.69, 9.17) is 6.42 Å². The summed E-state index contributed by atoms with van der Waals surface area (Å²) in [5.41, 5.74) is 2.31. The van der Waals surface area contributed by atoms with Crippen molar-refractivity contribution in [2.45, 2.75) is 13.0 Å². The fraction of sp³-hybridized carbons (Fsp3) is 0.200. The van der Waals surface area contributed by atoms with Crippen LogP contribution in [-0.4, -0.2) is 19.7 Å². The second-order valence-corrected chi connectivity index (χ2v) is 2.97. The Morgan fingerprint density at radius 3 is 3.07 bits per heavy atom. The van der Waals surface area contributed by atoms with Crippen LogP contribution >= 0.6 is 0 Å². The van der Waals surface area contributed by atoms with E-state index in [9.17, 15) is 5.11 Å². The normalized spacial score (nSPS) is 12.6. The van der Waals surface area contributed by atoms with Gasteiger partial charge in [0.25, 0.3) is 0 Å². The highest BCUT2D eigenvalue weighted by atomic mass is 16.3. The number of fused-ring (bicyclic) bond motifs is 1. The number of aliphatic hydroxyl groups is 1. The van der Waals surface area contributed by atoms with Gasteiger partial charge in [-0.15, -0.1) is 6.42 Å². The highest BCUT2D eigenvalue weighted by molar-refractivity contribution is 5.52. The van der Waals surface area contributed by atoms with Gasteiger partial charge in [-0.1, -0.05) is 5.92 Å². The van der Waals surface area contributed by atoms with Crippen LogP contribution in [0.2, 0.25) is 0 Å². The Bertz CT molecular complexity index is 510. The SMILES string of the molecule is C#CC(O)c1ccc2c(C)ncnn12. The van der Waals surface area contributed by atoms with Gasteiger partial charge in [0.15, 0.2) is 6.10 Å². The number of terminal acetylenes is 1. The fourth-order valence-electron chi connectivity index (χ4n) is 1.37. The second-order valence-electron chi connectivity index (χ2n) is 2.97. The number of hydrogen-bond donors (Lipinski definition) is 1. The quantitative estimate of drug-likeness (QED) is 0.669. The number of hydrogen-bond acceptors (Lipinski definition) is 3. The fourth-order valence-corrected chi connectivity index (χ4v) is 1.37. The van der Waals surface area contributed by atoms with Crippen LogP contribution < -0.4 is 0 Å². The molecule has 4 nitrogen and oxygen atoms in total. The molecule has 2 aromatic heterocycles. The first kappa shape index (κ1) is 8.73. The lowest BCUT2D eigenvalue weighted by Gasteiger charge is -2.03. The van der Waals surface area contributed by atoms with Crippen molar-refractivity contribution in [1.82, 2.24) is 14.6 Å². The molecular formula is C10H9N3O. The molecule has 0 aromatic carbocycles. The molecule has 0 aliphatic carbocycles. The van der Waals surface area contributed by atoms with Gasteiger partial charge in [0, 0.05) is 0 Å². The van der Waals surface area contributed by atoms with Crippen LogP contribution in [0.15, 0.2) is 18.5 Å². The molecule has 0 amide bonds. The van der Waals surface area contributed by atoms with Gasteiger partial charge in [0.2, 0.25) is 0 Å². The maximum atomic E-state index is 9.49. The molecule has 0 spiro atoms. The van der Waals surface area contributed by atoms with Crippen LogP contribution in [0.3, 0.4) is 0 Å². The molecule has 0 radical (unpaired) electrons. The third kappa shape index (κ3) is 1.15. The predicted molar refractivity (Wildman–Crippen MR) is 51.5 cm³/mol. The van der Waals surface area contributed by atoms with Gasteiger partial charge >= 0.3 is 0 Å². The monoisotopic (exact) mass is 187 g/mol. The zero-order valence-electron chi connectivity index (χ0n) is 7.68. The molecule has 70 valence electrons. The first-order valence-electron chi connectivity index (χ1n) is 4.17. The van der Waals surface area contributed by atoms with Crippen LogP contribution in [0.25, 0.3) is 5.52 Å². The van der Waals surface area contributed by atoms with Crippen molar-refractivity contribution in [3.8, 4) is 12.3 Å². The van der Waals surface area contributed by atoms with Gasteiger partial charge in [-0.3, -0.25) is 0 Å². The highest BCUT2D eigenvalue weighted by Crippen LogP contribution is 2.16. The minimum atomic E-state index is -0.924. The third-order valence-corrected chi connectivity index (χ3v) is 2.11. The largest absolute Gasteiger partial charge is 0.374 e. The van der Waals surface area contributed by atoms with Crippen LogP contribution in [0.4, 0.5) is 0 Å². The van der Waals surface area contributed by atoms with E-state index in [2.05, 4.69) is 16.0 Å². The lowest BCUT2D eigenvalue weighted by atomic mass is 10.3. The smallest absolute Gasteiger partial charge is 0.156 e. The molecule has 14 heavy (non-hydrogen) atoms. The Balaban J connectivity index is 2.71. The van der Waals surface area contributed by atoms with Crippen molar-refractivity contribution in [2.24, 2.45) is 0 Å². The summed E-state index contributed by atoms with van der Waals surface area (Å²) in [4.78, 5) is 4.04. The summed E-state index contributed by atoms with van der Waals surface area (Å²) in [5.74, 6) is 2.25. The summed E-state index contributed by atoms with van der Waals surface area (Å²) in [6, 6.07) is 3.59. The summed E-state index contributed by atoms with van der Waals surface area (Å²) < 4.78 is 1.60. The van der Waals surface area contributed by atoms with Gasteiger partial charge in [-0.2, -0.15) is 5.10 Å². The van der Waals surface area contributed by atoms with Crippen molar-refractivity contribution in [1.29, 1.82) is 0 Å². The van der Waals surface area contributed by atoms with Crippen LogP contribution in [-0.2, 0) is 0 Å². The molecule has 0 aliphatic heterocycles. The molecular weight excluding hydrogens is 178 g/mol. The second kappa shape index (κ2) is 3.13. The molecule has 2 rings (SSSR count). The van der Waals surface area contributed by atoms with Crippen LogP contribution in [0.1, 0.15) is 17.5 Å². The zero-order valence-corrected chi connectivity index (χ0v) is 7.68. The van der Waals surface area contributed by atoms with Crippen LogP contribution in [0.5, 0.6) is 0 Å². The molecule has 1 atom stereocenters. The molecule has 4 heteroatoms. The molecule has 0 saturated carbocycles. The summed E-state index contributed by atoms with van der Waals surface area (Å²) >= 11 is 0. The van der Waals surface area contributed by atoms with E-state index in [0.717, 1.165) is 11.2 Å². The van der Waals surface area contributed by atoms with Crippen molar-refractivity contribution in [3.63, 3.8) is 0 Å². The number of aryl methyl sites for hydroxylation is 1. The Labute approximate surface area is 81.2 Å². The predicted octanol–water partition coefficient (Wildman–Crippen LogP) is 0.704. The Kier molecular flexibility index (Phi) is 1.95. The van der Waals surface area contributed by atoms with Gasteiger partial charge < -0.3 is 5.11 Å². The standard InChI is InChI=1S/C10H9N3O/c1-3-10(14)9-5-4-8-7(2)11-6-12-13(8)9/h1,4-6,10,14H,2H3. The number of rotatable bonds is 1. The first-order valence-corrected chi connectivity index (χ1v) is 4.17. The molecule has 0 aliphatic rings. The topological polar surface area (TPSA) is 50.4 Å². The highest BCUT2D eigenvalue weighted by Gasteiger charge is 2.10. The van der Waals surface area contributed by atoms with E-state index in [1.165, 1.54) is 6.33 Å². The minimum absolute atomic E-state index is 0.591. The van der Waals surface area contributed by atoms with E-state index in [1.807, 2.05) is 13.0 Å². The molecule has 0 bridgehead atoms. The molecule has 2 aromatic rings. The molecule has 0 saturated heterocycles. The van der Waals surface area contributed by atoms with Crippen molar-refractivity contribution < 1.29 is 5.11 Å². The lowest BCUT2D eigenvalue weighted by molar-refractivity contribution is 0.231. The van der Waals surface area contributed by atoms with E-state index in [-0.39, 0.29) is 0 Å². The molecule has 1 N–H and O–H groups in total. The maximum Gasteiger partial charge on any atom is 0.156 e. The Morgan fingerprint density at radius 1 is 1.57 bits per heavy atom. The van der Waals surface area contributed by atoms with Crippen LogP contribution in [0, 0.1) is 19.3 Å². The van der Waals surface area contributed by atoms with Gasteiger partial charge in [-0.05, 0) is 19.1 Å². The number of aromatic nitrogens is 3. The average molecular weight is 187 g/mol. The lowest BCUT2D eigenvalue weighted by Crippen LogP contribution is -2.03. The summed E-state index contributed by atoms with van der Waals surface area (Å²) in [5, 5.41) is 13.5. The van der Waals surface area contributed by atoms with Gasteiger partial charge in [-0.25, -0.2) is 9.50 Å². The van der Waals surface area contributed by atoms with E-state index in [0.29, 0.717) is 5.69 Å². The van der Waals surface area contributed by atoms with Gasteiger partial charge in [0.1, 0.15) is 6.33 Å². The first-order chi connectivity index (χ1) is 6.74. The maximum absolute atomic E-state index is 9.49. The molecule has 0 fully saturated rings. The average Bonchev–Trinajstić information content (AvgIpc) is 2.62.